The van der Waals surface area contributed by atoms with E-state index < -0.39 is 5.97 Å². The zero-order valence-corrected chi connectivity index (χ0v) is 16.6. The van der Waals surface area contributed by atoms with Gasteiger partial charge in [-0.05, 0) is 12.1 Å². The van der Waals surface area contributed by atoms with Gasteiger partial charge in [-0.2, -0.15) is 0 Å². The Balaban J connectivity index is 2.15. The van der Waals surface area contributed by atoms with Gasteiger partial charge in [0.2, 0.25) is 0 Å². The van der Waals surface area contributed by atoms with E-state index in [1.54, 1.807) is 12.1 Å². The van der Waals surface area contributed by atoms with Crippen LogP contribution < -0.4 is 4.74 Å². The van der Waals surface area contributed by atoms with Gasteiger partial charge in [-0.3, -0.25) is 4.79 Å². The molecule has 3 rings (SSSR count). The lowest BCUT2D eigenvalue weighted by molar-refractivity contribution is -0.131. The molecule has 0 fully saturated rings. The summed E-state index contributed by atoms with van der Waals surface area (Å²) < 4.78 is 5.10. The van der Waals surface area contributed by atoms with E-state index in [9.17, 15) is 4.79 Å². The molecule has 1 heterocycles. The van der Waals surface area contributed by atoms with Crippen LogP contribution >= 0.6 is 81.5 Å². The summed E-state index contributed by atoms with van der Waals surface area (Å²) >= 11 is 33.7. The Morgan fingerprint density at radius 2 is 1.39 bits per heavy atom. The molecule has 0 aliphatic carbocycles. The molecular formula is C14H5Cl5O2S2. The molecule has 0 spiro atoms. The summed E-state index contributed by atoms with van der Waals surface area (Å²) in [6.45, 7) is 1.28. The molecule has 0 N–H and O–H groups in total. The van der Waals surface area contributed by atoms with Crippen LogP contribution in [0.2, 0.25) is 25.1 Å². The molecule has 0 bridgehead atoms. The Morgan fingerprint density at radius 3 is 1.96 bits per heavy atom. The highest BCUT2D eigenvalue weighted by molar-refractivity contribution is 8.05. The Kier molecular flexibility index (Phi) is 5.25. The molecule has 0 unspecified atom stereocenters. The maximum atomic E-state index is 11.2. The lowest BCUT2D eigenvalue weighted by atomic mass is 10.3. The van der Waals surface area contributed by atoms with E-state index in [2.05, 4.69) is 0 Å². The number of fused-ring (bicyclic) bond motifs is 2. The number of rotatable bonds is 1. The van der Waals surface area contributed by atoms with Crippen LogP contribution in [-0.4, -0.2) is 5.97 Å². The van der Waals surface area contributed by atoms with Gasteiger partial charge in [0.05, 0.1) is 25.1 Å². The number of carbonyl (C=O) groups excluding carboxylic acids is 1. The van der Waals surface area contributed by atoms with E-state index in [1.165, 1.54) is 30.4 Å². The predicted octanol–water partition coefficient (Wildman–Crippen LogP) is 7.49. The monoisotopic (exact) mass is 444 g/mol. The van der Waals surface area contributed by atoms with Crippen molar-refractivity contribution >= 4 is 87.5 Å². The first-order valence-electron chi connectivity index (χ1n) is 6.03. The van der Waals surface area contributed by atoms with E-state index in [0.717, 1.165) is 19.6 Å². The van der Waals surface area contributed by atoms with Crippen LogP contribution in [-0.2, 0) is 4.79 Å². The van der Waals surface area contributed by atoms with E-state index in [1.807, 2.05) is 0 Å². The lowest BCUT2D eigenvalue weighted by Crippen LogP contribution is -2.04. The van der Waals surface area contributed by atoms with Crippen molar-refractivity contribution in [3.8, 4) is 5.75 Å². The van der Waals surface area contributed by atoms with E-state index in [-0.39, 0.29) is 15.8 Å². The second-order valence-electron chi connectivity index (χ2n) is 4.44. The number of esters is 1. The highest BCUT2D eigenvalue weighted by atomic mass is 35.5. The molecule has 1 aliphatic rings. The van der Waals surface area contributed by atoms with Crippen LogP contribution in [0, 0.1) is 0 Å². The third-order valence-corrected chi connectivity index (χ3v) is 7.58. The standard InChI is InChI=1S/C14H5Cl5O2S2/c1-4(20)21-12-6(16)3-8-14(11(12)19)23-7-2-5(15)9(17)10(18)13(7)22-8/h2-3H,1H3. The molecule has 0 saturated carbocycles. The topological polar surface area (TPSA) is 26.3 Å². The molecule has 120 valence electrons. The number of halogens is 5. The van der Waals surface area contributed by atoms with E-state index in [0.29, 0.717) is 15.1 Å². The third kappa shape index (κ3) is 3.28. The number of carbonyl (C=O) groups is 1. The molecule has 2 aromatic rings. The van der Waals surface area contributed by atoms with Crippen molar-refractivity contribution in [2.75, 3.05) is 0 Å². The molecule has 0 atom stereocenters. The summed E-state index contributed by atoms with van der Waals surface area (Å²) in [5.41, 5.74) is 0. The maximum Gasteiger partial charge on any atom is 0.308 e. The minimum absolute atomic E-state index is 0.141. The van der Waals surface area contributed by atoms with Gasteiger partial charge in [-0.25, -0.2) is 0 Å². The molecule has 23 heavy (non-hydrogen) atoms. The van der Waals surface area contributed by atoms with Crippen molar-refractivity contribution in [2.24, 2.45) is 0 Å². The zero-order valence-electron chi connectivity index (χ0n) is 11.2. The fourth-order valence-corrected chi connectivity index (χ4v) is 5.96. The molecule has 0 amide bonds. The van der Waals surface area contributed by atoms with Crippen molar-refractivity contribution in [1.82, 2.24) is 0 Å². The highest BCUT2D eigenvalue weighted by Gasteiger charge is 2.28. The van der Waals surface area contributed by atoms with Gasteiger partial charge in [0.25, 0.3) is 0 Å². The first-order valence-corrected chi connectivity index (χ1v) is 9.55. The predicted molar refractivity (Wildman–Crippen MR) is 97.5 cm³/mol. The summed E-state index contributed by atoms with van der Waals surface area (Å²) in [5.74, 6) is -0.359. The van der Waals surface area contributed by atoms with Gasteiger partial charge in [0.1, 0.15) is 0 Å². The highest BCUT2D eigenvalue weighted by Crippen LogP contribution is 2.58. The van der Waals surface area contributed by atoms with Gasteiger partial charge < -0.3 is 4.74 Å². The van der Waals surface area contributed by atoms with Crippen molar-refractivity contribution in [3.05, 3.63) is 37.2 Å². The quantitative estimate of drug-likeness (QED) is 0.220. The summed E-state index contributed by atoms with van der Waals surface area (Å²) in [4.78, 5) is 14.3. The SMILES string of the molecule is CC(=O)Oc1c(Cl)cc2c(c1Cl)Sc1cc(Cl)c(Cl)c(Cl)c1S2. The van der Waals surface area contributed by atoms with Gasteiger partial charge in [-0.1, -0.05) is 81.5 Å². The average molecular weight is 447 g/mol. The van der Waals surface area contributed by atoms with Crippen LogP contribution in [0.25, 0.3) is 0 Å². The minimum atomic E-state index is -0.500. The summed E-state index contributed by atoms with van der Waals surface area (Å²) in [5, 5.41) is 1.56. The molecular weight excluding hydrogens is 442 g/mol. The number of ether oxygens (including phenoxy) is 1. The van der Waals surface area contributed by atoms with Gasteiger partial charge in [0, 0.05) is 26.5 Å². The Labute approximate surface area is 165 Å². The third-order valence-electron chi connectivity index (χ3n) is 2.85. The molecule has 1 aliphatic heterocycles. The largest absolute Gasteiger partial charge is 0.423 e. The molecule has 2 nitrogen and oxygen atoms in total. The molecule has 2 aromatic carbocycles. The minimum Gasteiger partial charge on any atom is -0.423 e. The lowest BCUT2D eigenvalue weighted by Gasteiger charge is -2.22. The Hall–Kier alpha value is 0.0600. The van der Waals surface area contributed by atoms with Crippen molar-refractivity contribution in [1.29, 1.82) is 0 Å². The molecule has 9 heteroatoms. The first-order chi connectivity index (χ1) is 10.8. The van der Waals surface area contributed by atoms with Gasteiger partial charge in [-0.15, -0.1) is 0 Å². The van der Waals surface area contributed by atoms with E-state index >= 15 is 0 Å². The second-order valence-corrected chi connectivity index (χ2v) is 8.49. The second kappa shape index (κ2) is 6.75. The summed E-state index contributed by atoms with van der Waals surface area (Å²) in [6, 6.07) is 3.41. The Morgan fingerprint density at radius 1 is 0.870 bits per heavy atom. The molecule has 0 radical (unpaired) electrons. The van der Waals surface area contributed by atoms with Crippen molar-refractivity contribution in [3.63, 3.8) is 0 Å². The van der Waals surface area contributed by atoms with Crippen molar-refractivity contribution in [2.45, 2.75) is 26.5 Å². The smallest absolute Gasteiger partial charge is 0.308 e. The summed E-state index contributed by atoms with van der Waals surface area (Å²) in [6.07, 6.45) is 0. The number of benzene rings is 2. The van der Waals surface area contributed by atoms with Crippen molar-refractivity contribution < 1.29 is 9.53 Å². The van der Waals surface area contributed by atoms with E-state index in [4.69, 9.17) is 62.7 Å². The molecule has 0 aromatic heterocycles. The zero-order chi connectivity index (χ0) is 16.9. The van der Waals surface area contributed by atoms with Crippen LogP contribution in [0.1, 0.15) is 6.92 Å². The normalized spacial score (nSPS) is 12.6. The molecule has 0 saturated heterocycles. The van der Waals surface area contributed by atoms with Crippen LogP contribution in [0.4, 0.5) is 0 Å². The average Bonchev–Trinajstić information content (AvgIpc) is 2.48. The fourth-order valence-electron chi connectivity index (χ4n) is 1.92. The number of hydrogen-bond donors (Lipinski definition) is 0. The maximum absolute atomic E-state index is 11.2. The van der Waals surface area contributed by atoms with Gasteiger partial charge in [0.15, 0.2) is 5.75 Å². The summed E-state index contributed by atoms with van der Waals surface area (Å²) in [7, 11) is 0. The Bertz CT molecular complexity index is 854. The van der Waals surface area contributed by atoms with Crippen LogP contribution in [0.5, 0.6) is 5.75 Å². The van der Waals surface area contributed by atoms with Crippen LogP contribution in [0.3, 0.4) is 0 Å². The van der Waals surface area contributed by atoms with Gasteiger partial charge >= 0.3 is 5.97 Å². The first kappa shape index (κ1) is 17.9. The fraction of sp³-hybridized carbons (Fsp3) is 0.0714. The number of hydrogen-bond acceptors (Lipinski definition) is 4. The van der Waals surface area contributed by atoms with Crippen LogP contribution in [0.15, 0.2) is 31.7 Å².